The van der Waals surface area contributed by atoms with Gasteiger partial charge in [-0.2, -0.15) is 15.0 Å². The van der Waals surface area contributed by atoms with Crippen molar-refractivity contribution in [2.24, 2.45) is 11.8 Å². The number of hydrogen-bond donors (Lipinski definition) is 2. The molecule has 2 aliphatic rings. The van der Waals surface area contributed by atoms with E-state index in [1.54, 1.807) is 0 Å². The number of hydrogen-bond acceptors (Lipinski definition) is 7. The van der Waals surface area contributed by atoms with Crippen LogP contribution in [0.1, 0.15) is 19.8 Å². The molecule has 0 aromatic carbocycles. The van der Waals surface area contributed by atoms with Gasteiger partial charge >= 0.3 is 0 Å². The minimum absolute atomic E-state index is 0.267. The predicted molar refractivity (Wildman–Crippen MR) is 77.6 cm³/mol. The van der Waals surface area contributed by atoms with E-state index >= 15 is 0 Å². The molecule has 0 bridgehead atoms. The lowest BCUT2D eigenvalue weighted by Crippen LogP contribution is -2.37. The maximum atomic E-state index is 5.78. The van der Waals surface area contributed by atoms with Gasteiger partial charge in [0.2, 0.25) is 17.8 Å². The number of rotatable bonds is 5. The minimum atomic E-state index is 0.267. The van der Waals surface area contributed by atoms with Gasteiger partial charge in [0.15, 0.2) is 0 Å². The van der Waals surface area contributed by atoms with E-state index in [4.69, 9.17) is 10.5 Å². The highest BCUT2D eigenvalue weighted by Gasteiger charge is 2.27. The molecule has 20 heavy (non-hydrogen) atoms. The number of aromatic nitrogens is 3. The normalized spacial score (nSPS) is 20.8. The van der Waals surface area contributed by atoms with Crippen LogP contribution in [0.3, 0.4) is 0 Å². The largest absolute Gasteiger partial charge is 0.378 e. The Morgan fingerprint density at radius 3 is 2.75 bits per heavy atom. The van der Waals surface area contributed by atoms with E-state index in [0.29, 0.717) is 31.0 Å². The van der Waals surface area contributed by atoms with Crippen molar-refractivity contribution in [3.05, 3.63) is 0 Å². The molecule has 3 rings (SSSR count). The predicted octanol–water partition coefficient (Wildman–Crippen LogP) is 0.748. The second kappa shape index (κ2) is 5.78. The molecular formula is C13H22N6O. The highest BCUT2D eigenvalue weighted by molar-refractivity contribution is 5.42. The minimum Gasteiger partial charge on any atom is -0.378 e. The molecule has 2 heterocycles. The first-order chi connectivity index (χ1) is 9.72. The molecule has 110 valence electrons. The summed E-state index contributed by atoms with van der Waals surface area (Å²) in [6.45, 7) is 6.14. The van der Waals surface area contributed by atoms with E-state index in [1.807, 2.05) is 0 Å². The number of morpholine rings is 1. The molecule has 1 aliphatic carbocycles. The quantitative estimate of drug-likeness (QED) is 0.821. The number of anilines is 3. The van der Waals surface area contributed by atoms with Gasteiger partial charge in [-0.1, -0.05) is 6.92 Å². The summed E-state index contributed by atoms with van der Waals surface area (Å²) < 4.78 is 5.33. The van der Waals surface area contributed by atoms with E-state index in [0.717, 1.165) is 25.6 Å². The van der Waals surface area contributed by atoms with Crippen molar-refractivity contribution in [2.75, 3.05) is 48.8 Å². The van der Waals surface area contributed by atoms with Crippen LogP contribution in [-0.2, 0) is 4.74 Å². The molecule has 0 radical (unpaired) electrons. The Hall–Kier alpha value is -1.63. The Kier molecular flexibility index (Phi) is 3.86. The van der Waals surface area contributed by atoms with Gasteiger partial charge in [0.25, 0.3) is 0 Å². The zero-order chi connectivity index (χ0) is 13.9. The van der Waals surface area contributed by atoms with E-state index in [2.05, 4.69) is 32.1 Å². The topological polar surface area (TPSA) is 89.2 Å². The number of nitrogens with two attached hydrogens (primary N) is 1. The average Bonchev–Trinajstić information content (AvgIpc) is 3.30. The molecule has 7 heteroatoms. The molecule has 1 saturated heterocycles. The van der Waals surface area contributed by atoms with Crippen LogP contribution in [0.15, 0.2) is 0 Å². The van der Waals surface area contributed by atoms with Crippen molar-refractivity contribution in [1.29, 1.82) is 0 Å². The second-order valence-electron chi connectivity index (χ2n) is 5.61. The zero-order valence-electron chi connectivity index (χ0n) is 11.9. The summed E-state index contributed by atoms with van der Waals surface area (Å²) in [5.41, 5.74) is 5.78. The van der Waals surface area contributed by atoms with Crippen LogP contribution < -0.4 is 16.0 Å². The van der Waals surface area contributed by atoms with Crippen molar-refractivity contribution >= 4 is 17.8 Å². The Labute approximate surface area is 118 Å². The molecular weight excluding hydrogens is 256 g/mol. The smallest absolute Gasteiger partial charge is 0.232 e. The van der Waals surface area contributed by atoms with Gasteiger partial charge < -0.3 is 20.7 Å². The molecule has 1 unspecified atom stereocenters. The molecule has 7 nitrogen and oxygen atoms in total. The third-order valence-electron chi connectivity index (χ3n) is 3.94. The summed E-state index contributed by atoms with van der Waals surface area (Å²) in [7, 11) is 0. The van der Waals surface area contributed by atoms with E-state index in [-0.39, 0.29) is 5.95 Å². The number of nitrogen functional groups attached to an aromatic ring is 1. The Balaban J connectivity index is 1.65. The van der Waals surface area contributed by atoms with E-state index < -0.39 is 0 Å². The monoisotopic (exact) mass is 278 g/mol. The third kappa shape index (κ3) is 3.27. The van der Waals surface area contributed by atoms with Crippen LogP contribution in [0.25, 0.3) is 0 Å². The van der Waals surface area contributed by atoms with Crippen LogP contribution in [0.4, 0.5) is 17.8 Å². The summed E-state index contributed by atoms with van der Waals surface area (Å²) in [6, 6.07) is 0. The molecule has 1 atom stereocenters. The molecule has 2 fully saturated rings. The lowest BCUT2D eigenvalue weighted by atomic mass is 10.1. The summed E-state index contributed by atoms with van der Waals surface area (Å²) in [5, 5.41) is 3.29. The Morgan fingerprint density at radius 2 is 2.05 bits per heavy atom. The maximum Gasteiger partial charge on any atom is 0.232 e. The van der Waals surface area contributed by atoms with Crippen molar-refractivity contribution < 1.29 is 4.74 Å². The molecule has 0 spiro atoms. The van der Waals surface area contributed by atoms with Gasteiger partial charge in [0.1, 0.15) is 0 Å². The third-order valence-corrected chi connectivity index (χ3v) is 3.94. The molecule has 1 saturated carbocycles. The fourth-order valence-corrected chi connectivity index (χ4v) is 2.45. The Morgan fingerprint density at radius 1 is 1.30 bits per heavy atom. The highest BCUT2D eigenvalue weighted by Crippen LogP contribution is 2.36. The first kappa shape index (κ1) is 13.4. The summed E-state index contributed by atoms with van der Waals surface area (Å²) in [5.74, 6) is 3.00. The van der Waals surface area contributed by atoms with E-state index in [9.17, 15) is 0 Å². The molecule has 0 amide bonds. The van der Waals surface area contributed by atoms with Crippen LogP contribution in [-0.4, -0.2) is 47.8 Å². The lowest BCUT2D eigenvalue weighted by Gasteiger charge is -2.26. The maximum absolute atomic E-state index is 5.78. The second-order valence-corrected chi connectivity index (χ2v) is 5.61. The molecule has 1 aliphatic heterocycles. The van der Waals surface area contributed by atoms with E-state index in [1.165, 1.54) is 12.8 Å². The zero-order valence-corrected chi connectivity index (χ0v) is 11.9. The average molecular weight is 278 g/mol. The Bertz CT molecular complexity index is 458. The van der Waals surface area contributed by atoms with Gasteiger partial charge in [0, 0.05) is 19.6 Å². The SMILES string of the molecule is CC(CNc1nc(N)nc(N2CCOCC2)n1)C1CC1. The van der Waals surface area contributed by atoms with Crippen molar-refractivity contribution in [3.8, 4) is 0 Å². The number of nitrogens with zero attached hydrogens (tertiary/aromatic N) is 4. The summed E-state index contributed by atoms with van der Waals surface area (Å²) >= 11 is 0. The van der Waals surface area contributed by atoms with Crippen LogP contribution >= 0.6 is 0 Å². The van der Waals surface area contributed by atoms with Crippen LogP contribution in [0, 0.1) is 11.8 Å². The van der Waals surface area contributed by atoms with Crippen molar-refractivity contribution in [2.45, 2.75) is 19.8 Å². The van der Waals surface area contributed by atoms with Gasteiger partial charge in [-0.25, -0.2) is 0 Å². The lowest BCUT2D eigenvalue weighted by molar-refractivity contribution is 0.122. The van der Waals surface area contributed by atoms with Crippen molar-refractivity contribution in [3.63, 3.8) is 0 Å². The number of ether oxygens (including phenoxy) is 1. The van der Waals surface area contributed by atoms with Crippen LogP contribution in [0.2, 0.25) is 0 Å². The summed E-state index contributed by atoms with van der Waals surface area (Å²) in [4.78, 5) is 14.9. The summed E-state index contributed by atoms with van der Waals surface area (Å²) in [6.07, 6.45) is 2.70. The standard InChI is InChI=1S/C13H22N6O/c1-9(10-2-3-10)8-15-12-16-11(14)17-13(18-12)19-4-6-20-7-5-19/h9-10H,2-8H2,1H3,(H3,14,15,16,17,18). The van der Waals surface area contributed by atoms with Crippen molar-refractivity contribution in [1.82, 2.24) is 15.0 Å². The van der Waals surface area contributed by atoms with Gasteiger partial charge in [-0.05, 0) is 24.7 Å². The fraction of sp³-hybridized carbons (Fsp3) is 0.769. The first-order valence-electron chi connectivity index (χ1n) is 7.30. The highest BCUT2D eigenvalue weighted by atomic mass is 16.5. The van der Waals surface area contributed by atoms with Gasteiger partial charge in [-0.3, -0.25) is 0 Å². The van der Waals surface area contributed by atoms with Crippen LogP contribution in [0.5, 0.6) is 0 Å². The van der Waals surface area contributed by atoms with Gasteiger partial charge in [-0.15, -0.1) is 0 Å². The van der Waals surface area contributed by atoms with Gasteiger partial charge in [0.05, 0.1) is 13.2 Å². The fourth-order valence-electron chi connectivity index (χ4n) is 2.45. The number of nitrogens with one attached hydrogen (secondary N) is 1. The first-order valence-corrected chi connectivity index (χ1v) is 7.30. The molecule has 3 N–H and O–H groups in total. The molecule has 1 aromatic heterocycles. The molecule has 1 aromatic rings.